The van der Waals surface area contributed by atoms with Crippen molar-refractivity contribution in [2.75, 3.05) is 37.6 Å². The van der Waals surface area contributed by atoms with Crippen molar-refractivity contribution in [2.24, 2.45) is 0 Å². The van der Waals surface area contributed by atoms with Gasteiger partial charge in [-0.1, -0.05) is 6.92 Å². The number of piperazine rings is 1. The number of nitrogens with zero attached hydrogens (tertiary/aromatic N) is 2. The molecule has 1 aromatic carbocycles. The molecule has 0 bridgehead atoms. The SMILES string of the molecule is CCNCc1cc(F)cc(N2CCN(C(C)(C)C)CC2)c1. The summed E-state index contributed by atoms with van der Waals surface area (Å²) in [5, 5.41) is 3.26. The summed E-state index contributed by atoms with van der Waals surface area (Å²) in [5.74, 6) is -0.140. The van der Waals surface area contributed by atoms with Crippen molar-refractivity contribution >= 4 is 5.69 Å². The molecule has 4 heteroatoms. The van der Waals surface area contributed by atoms with Gasteiger partial charge in [0.25, 0.3) is 0 Å². The molecule has 0 saturated carbocycles. The molecule has 1 aliphatic heterocycles. The van der Waals surface area contributed by atoms with E-state index in [0.29, 0.717) is 0 Å². The van der Waals surface area contributed by atoms with E-state index in [1.54, 1.807) is 12.1 Å². The first-order chi connectivity index (χ1) is 9.90. The number of benzene rings is 1. The maximum atomic E-state index is 13.8. The molecular weight excluding hydrogens is 265 g/mol. The molecule has 3 nitrogen and oxygen atoms in total. The lowest BCUT2D eigenvalue weighted by Crippen LogP contribution is -2.53. The van der Waals surface area contributed by atoms with Gasteiger partial charge in [-0.3, -0.25) is 4.90 Å². The van der Waals surface area contributed by atoms with Crippen LogP contribution in [0.4, 0.5) is 10.1 Å². The zero-order valence-electron chi connectivity index (χ0n) is 13.7. The van der Waals surface area contributed by atoms with Crippen LogP contribution in [0.2, 0.25) is 0 Å². The summed E-state index contributed by atoms with van der Waals surface area (Å²) in [6.45, 7) is 14.4. The van der Waals surface area contributed by atoms with E-state index in [2.05, 4.69) is 48.9 Å². The molecule has 2 rings (SSSR count). The van der Waals surface area contributed by atoms with Crippen LogP contribution in [-0.2, 0) is 6.54 Å². The third-order valence-electron chi connectivity index (χ3n) is 4.11. The number of rotatable bonds is 4. The van der Waals surface area contributed by atoms with Gasteiger partial charge in [0.1, 0.15) is 5.82 Å². The Labute approximate surface area is 128 Å². The molecule has 0 aromatic heterocycles. The summed E-state index contributed by atoms with van der Waals surface area (Å²) in [6, 6.07) is 5.39. The third kappa shape index (κ3) is 4.42. The van der Waals surface area contributed by atoms with Crippen molar-refractivity contribution in [1.29, 1.82) is 0 Å². The number of hydrogen-bond donors (Lipinski definition) is 1. The Hall–Kier alpha value is -1.13. The van der Waals surface area contributed by atoms with Gasteiger partial charge in [-0.2, -0.15) is 0 Å². The standard InChI is InChI=1S/C17H28FN3/c1-5-19-13-14-10-15(18)12-16(11-14)20-6-8-21(9-7-20)17(2,3)4/h10-12,19H,5-9,13H2,1-4H3. The molecule has 1 aromatic rings. The van der Waals surface area contributed by atoms with E-state index in [4.69, 9.17) is 0 Å². The first-order valence-corrected chi connectivity index (χ1v) is 7.90. The van der Waals surface area contributed by atoms with Gasteiger partial charge in [0, 0.05) is 44.0 Å². The number of anilines is 1. The molecule has 1 fully saturated rings. The number of nitrogens with one attached hydrogen (secondary N) is 1. The fourth-order valence-corrected chi connectivity index (χ4v) is 2.82. The highest BCUT2D eigenvalue weighted by Gasteiger charge is 2.26. The van der Waals surface area contributed by atoms with Crippen molar-refractivity contribution < 1.29 is 4.39 Å². The molecular formula is C17H28FN3. The van der Waals surface area contributed by atoms with Crippen molar-refractivity contribution in [2.45, 2.75) is 39.8 Å². The Morgan fingerprint density at radius 2 is 1.76 bits per heavy atom. The molecule has 0 atom stereocenters. The minimum Gasteiger partial charge on any atom is -0.369 e. The van der Waals surface area contributed by atoms with Crippen LogP contribution in [0, 0.1) is 5.82 Å². The van der Waals surface area contributed by atoms with Crippen LogP contribution in [0.25, 0.3) is 0 Å². The van der Waals surface area contributed by atoms with Gasteiger partial charge >= 0.3 is 0 Å². The second kappa shape index (κ2) is 6.75. The molecule has 1 N–H and O–H groups in total. The molecule has 21 heavy (non-hydrogen) atoms. The first kappa shape index (κ1) is 16.2. The highest BCUT2D eigenvalue weighted by Crippen LogP contribution is 2.23. The molecule has 0 amide bonds. The Kier molecular flexibility index (Phi) is 5.22. The summed E-state index contributed by atoms with van der Waals surface area (Å²) in [7, 11) is 0. The minimum atomic E-state index is -0.140. The molecule has 118 valence electrons. The van der Waals surface area contributed by atoms with Crippen LogP contribution in [-0.4, -0.2) is 43.2 Å². The van der Waals surface area contributed by atoms with Crippen molar-refractivity contribution in [1.82, 2.24) is 10.2 Å². The van der Waals surface area contributed by atoms with Crippen LogP contribution in [0.15, 0.2) is 18.2 Å². The smallest absolute Gasteiger partial charge is 0.125 e. The predicted octanol–water partition coefficient (Wildman–Crippen LogP) is 2.86. The zero-order chi connectivity index (χ0) is 15.5. The third-order valence-corrected chi connectivity index (χ3v) is 4.11. The maximum absolute atomic E-state index is 13.8. The van der Waals surface area contributed by atoms with Crippen LogP contribution in [0.5, 0.6) is 0 Å². The minimum absolute atomic E-state index is 0.140. The summed E-state index contributed by atoms with van der Waals surface area (Å²) < 4.78 is 13.8. The summed E-state index contributed by atoms with van der Waals surface area (Å²) >= 11 is 0. The summed E-state index contributed by atoms with van der Waals surface area (Å²) in [5.41, 5.74) is 2.24. The second-order valence-electron chi connectivity index (χ2n) is 6.74. The van der Waals surface area contributed by atoms with Gasteiger partial charge in [-0.25, -0.2) is 4.39 Å². The molecule has 1 saturated heterocycles. The quantitative estimate of drug-likeness (QED) is 0.921. The van der Waals surface area contributed by atoms with E-state index in [-0.39, 0.29) is 11.4 Å². The van der Waals surface area contributed by atoms with Crippen LogP contribution in [0.1, 0.15) is 33.3 Å². The largest absolute Gasteiger partial charge is 0.369 e. The Morgan fingerprint density at radius 1 is 1.10 bits per heavy atom. The molecule has 0 aliphatic carbocycles. The highest BCUT2D eigenvalue weighted by atomic mass is 19.1. The van der Waals surface area contributed by atoms with E-state index in [1.807, 2.05) is 0 Å². The van der Waals surface area contributed by atoms with E-state index in [1.165, 1.54) is 0 Å². The average molecular weight is 293 g/mol. The normalized spacial score (nSPS) is 17.3. The maximum Gasteiger partial charge on any atom is 0.125 e. The summed E-state index contributed by atoms with van der Waals surface area (Å²) in [4.78, 5) is 4.78. The van der Waals surface area contributed by atoms with Crippen molar-refractivity contribution in [3.8, 4) is 0 Å². The number of halogens is 1. The monoisotopic (exact) mass is 293 g/mol. The second-order valence-corrected chi connectivity index (χ2v) is 6.74. The number of hydrogen-bond acceptors (Lipinski definition) is 3. The lowest BCUT2D eigenvalue weighted by molar-refractivity contribution is 0.128. The van der Waals surface area contributed by atoms with Gasteiger partial charge in [-0.05, 0) is 51.1 Å². The fraction of sp³-hybridized carbons (Fsp3) is 0.647. The average Bonchev–Trinajstić information content (AvgIpc) is 2.44. The van der Waals surface area contributed by atoms with Gasteiger partial charge in [0.15, 0.2) is 0 Å². The van der Waals surface area contributed by atoms with E-state index < -0.39 is 0 Å². The Balaban J connectivity index is 2.04. The first-order valence-electron chi connectivity index (χ1n) is 7.90. The topological polar surface area (TPSA) is 18.5 Å². The summed E-state index contributed by atoms with van der Waals surface area (Å²) in [6.07, 6.45) is 0. The lowest BCUT2D eigenvalue weighted by atomic mass is 10.0. The van der Waals surface area contributed by atoms with Crippen LogP contribution in [0.3, 0.4) is 0 Å². The Bertz CT molecular complexity index is 460. The van der Waals surface area contributed by atoms with Crippen LogP contribution >= 0.6 is 0 Å². The van der Waals surface area contributed by atoms with E-state index in [9.17, 15) is 4.39 Å². The molecule has 0 unspecified atom stereocenters. The van der Waals surface area contributed by atoms with Crippen LogP contribution < -0.4 is 10.2 Å². The molecule has 0 radical (unpaired) electrons. The van der Waals surface area contributed by atoms with Gasteiger partial charge < -0.3 is 10.2 Å². The lowest BCUT2D eigenvalue weighted by Gasteiger charge is -2.43. The van der Waals surface area contributed by atoms with Gasteiger partial charge in [0.2, 0.25) is 0 Å². The van der Waals surface area contributed by atoms with Crippen molar-refractivity contribution in [3.05, 3.63) is 29.6 Å². The zero-order valence-corrected chi connectivity index (χ0v) is 13.7. The van der Waals surface area contributed by atoms with Gasteiger partial charge in [0.05, 0.1) is 0 Å². The highest BCUT2D eigenvalue weighted by molar-refractivity contribution is 5.49. The fourth-order valence-electron chi connectivity index (χ4n) is 2.82. The van der Waals surface area contributed by atoms with E-state index in [0.717, 1.165) is 50.5 Å². The van der Waals surface area contributed by atoms with Gasteiger partial charge in [-0.15, -0.1) is 0 Å². The molecule has 0 spiro atoms. The molecule has 1 heterocycles. The Morgan fingerprint density at radius 3 is 2.33 bits per heavy atom. The predicted molar refractivity (Wildman–Crippen MR) is 87.3 cm³/mol. The van der Waals surface area contributed by atoms with Crippen molar-refractivity contribution in [3.63, 3.8) is 0 Å². The molecule has 1 aliphatic rings. The van der Waals surface area contributed by atoms with E-state index >= 15 is 0 Å².